The van der Waals surface area contributed by atoms with Crippen LogP contribution in [0.3, 0.4) is 0 Å². The van der Waals surface area contributed by atoms with Crippen molar-refractivity contribution in [2.45, 2.75) is 26.3 Å². The second kappa shape index (κ2) is 7.04. The second-order valence-corrected chi connectivity index (χ2v) is 6.71. The Morgan fingerprint density at radius 1 is 1.48 bits per heavy atom. The van der Waals surface area contributed by atoms with Gasteiger partial charge in [0.2, 0.25) is 0 Å². The Balaban J connectivity index is 2.20. The lowest BCUT2D eigenvalue weighted by atomic mass is 10.2. The lowest BCUT2D eigenvalue weighted by molar-refractivity contribution is 0.0700. The molecule has 0 spiro atoms. The Morgan fingerprint density at radius 3 is 2.86 bits per heavy atom. The Morgan fingerprint density at radius 2 is 2.24 bits per heavy atom. The number of hydrogen-bond acceptors (Lipinski definition) is 4. The summed E-state index contributed by atoms with van der Waals surface area (Å²) in [5, 5.41) is 10.0. The summed E-state index contributed by atoms with van der Waals surface area (Å²) in [6.07, 6.45) is 1.58. The van der Waals surface area contributed by atoms with E-state index in [0.29, 0.717) is 23.5 Å². The molecule has 0 bridgehead atoms. The third-order valence-electron chi connectivity index (χ3n) is 3.00. The molecular formula is C15H17BrN2O2S. The van der Waals surface area contributed by atoms with Crippen molar-refractivity contribution in [1.29, 1.82) is 0 Å². The number of aromatic nitrogens is 1. The van der Waals surface area contributed by atoms with E-state index in [0.717, 1.165) is 21.6 Å². The molecule has 0 amide bonds. The van der Waals surface area contributed by atoms with Crippen LogP contribution in [0.2, 0.25) is 0 Å². The minimum absolute atomic E-state index is 0.355. The van der Waals surface area contributed by atoms with Gasteiger partial charge in [-0.05, 0) is 24.1 Å². The Kier molecular flexibility index (Phi) is 5.36. The molecule has 2 aromatic rings. The van der Waals surface area contributed by atoms with Crippen LogP contribution in [0, 0.1) is 0 Å². The minimum atomic E-state index is -0.891. The quantitative estimate of drug-likeness (QED) is 0.830. The molecule has 4 nitrogen and oxygen atoms in total. The molecule has 0 saturated carbocycles. The summed E-state index contributed by atoms with van der Waals surface area (Å²) in [6.45, 7) is 2.72. The molecule has 0 saturated heterocycles. The summed E-state index contributed by atoms with van der Waals surface area (Å²) in [6, 6.07) is 8.06. The zero-order valence-electron chi connectivity index (χ0n) is 12.0. The van der Waals surface area contributed by atoms with Crippen molar-refractivity contribution in [3.8, 4) is 0 Å². The SMILES string of the molecule is CCCc1nc(N(C)Cc2cccc(Br)c2)sc1C(=O)O. The molecule has 112 valence electrons. The minimum Gasteiger partial charge on any atom is -0.477 e. The van der Waals surface area contributed by atoms with Crippen molar-refractivity contribution in [1.82, 2.24) is 4.98 Å². The summed E-state index contributed by atoms with van der Waals surface area (Å²) in [5.41, 5.74) is 1.84. The monoisotopic (exact) mass is 368 g/mol. The normalized spacial score (nSPS) is 10.6. The lowest BCUT2D eigenvalue weighted by Gasteiger charge is -2.15. The lowest BCUT2D eigenvalue weighted by Crippen LogP contribution is -2.16. The molecule has 0 unspecified atom stereocenters. The van der Waals surface area contributed by atoms with Crippen molar-refractivity contribution in [3.63, 3.8) is 0 Å². The third-order valence-corrected chi connectivity index (χ3v) is 4.70. The van der Waals surface area contributed by atoms with E-state index < -0.39 is 5.97 Å². The molecule has 0 radical (unpaired) electrons. The zero-order valence-corrected chi connectivity index (χ0v) is 14.4. The number of carboxylic acid groups (broad SMARTS) is 1. The maximum atomic E-state index is 11.3. The van der Waals surface area contributed by atoms with E-state index in [1.165, 1.54) is 11.3 Å². The Labute approximate surface area is 136 Å². The number of aromatic carboxylic acids is 1. The molecule has 1 aromatic heterocycles. The average Bonchev–Trinajstić information content (AvgIpc) is 2.83. The van der Waals surface area contributed by atoms with Crippen LogP contribution in [0.1, 0.15) is 34.3 Å². The first-order chi connectivity index (χ1) is 10.0. The summed E-state index contributed by atoms with van der Waals surface area (Å²) < 4.78 is 1.03. The highest BCUT2D eigenvalue weighted by Crippen LogP contribution is 2.28. The predicted octanol–water partition coefficient (Wildman–Crippen LogP) is 4.19. The first kappa shape index (κ1) is 16.0. The van der Waals surface area contributed by atoms with Gasteiger partial charge in [0, 0.05) is 18.1 Å². The Hall–Kier alpha value is -1.40. The van der Waals surface area contributed by atoms with E-state index in [9.17, 15) is 9.90 Å². The van der Waals surface area contributed by atoms with Gasteiger partial charge in [-0.25, -0.2) is 9.78 Å². The van der Waals surface area contributed by atoms with Gasteiger partial charge in [-0.1, -0.05) is 52.7 Å². The molecule has 0 fully saturated rings. The predicted molar refractivity (Wildman–Crippen MR) is 89.3 cm³/mol. The van der Waals surface area contributed by atoms with E-state index in [1.54, 1.807) is 0 Å². The first-order valence-electron chi connectivity index (χ1n) is 6.69. The smallest absolute Gasteiger partial charge is 0.347 e. The molecule has 0 atom stereocenters. The van der Waals surface area contributed by atoms with Crippen LogP contribution in [-0.4, -0.2) is 23.1 Å². The van der Waals surface area contributed by atoms with E-state index in [4.69, 9.17) is 0 Å². The summed E-state index contributed by atoms with van der Waals surface area (Å²) >= 11 is 4.70. The molecule has 0 aliphatic heterocycles. The van der Waals surface area contributed by atoms with Crippen molar-refractivity contribution in [3.05, 3.63) is 44.9 Å². The van der Waals surface area contributed by atoms with Crippen molar-refractivity contribution in [2.24, 2.45) is 0 Å². The van der Waals surface area contributed by atoms with Crippen LogP contribution in [0.25, 0.3) is 0 Å². The largest absolute Gasteiger partial charge is 0.477 e. The second-order valence-electron chi connectivity index (χ2n) is 4.81. The highest BCUT2D eigenvalue weighted by atomic mass is 79.9. The molecule has 0 aliphatic carbocycles. The van der Waals surface area contributed by atoms with Crippen LogP contribution in [0.15, 0.2) is 28.7 Å². The maximum absolute atomic E-state index is 11.3. The molecule has 1 N–H and O–H groups in total. The Bertz CT molecular complexity index is 642. The van der Waals surface area contributed by atoms with Gasteiger partial charge in [-0.2, -0.15) is 0 Å². The van der Waals surface area contributed by atoms with Gasteiger partial charge >= 0.3 is 5.97 Å². The summed E-state index contributed by atoms with van der Waals surface area (Å²) in [4.78, 5) is 18.1. The van der Waals surface area contributed by atoms with Crippen LogP contribution >= 0.6 is 27.3 Å². The number of rotatable bonds is 6. The fraction of sp³-hybridized carbons (Fsp3) is 0.333. The number of thiazole rings is 1. The van der Waals surface area contributed by atoms with Gasteiger partial charge in [0.15, 0.2) is 5.13 Å². The standard InChI is InChI=1S/C15H17BrN2O2S/c1-3-5-12-13(14(19)20)21-15(17-12)18(2)9-10-6-4-7-11(16)8-10/h4,6-8H,3,5,9H2,1-2H3,(H,19,20). The summed E-state index contributed by atoms with van der Waals surface area (Å²) in [5.74, 6) is -0.891. The highest BCUT2D eigenvalue weighted by molar-refractivity contribution is 9.10. The number of hydrogen-bond donors (Lipinski definition) is 1. The maximum Gasteiger partial charge on any atom is 0.347 e. The van der Waals surface area contributed by atoms with Gasteiger partial charge in [-0.15, -0.1) is 0 Å². The van der Waals surface area contributed by atoms with Crippen LogP contribution in [0.5, 0.6) is 0 Å². The van der Waals surface area contributed by atoms with Crippen LogP contribution in [0.4, 0.5) is 5.13 Å². The number of benzene rings is 1. The van der Waals surface area contributed by atoms with E-state index in [1.807, 2.05) is 37.1 Å². The topological polar surface area (TPSA) is 53.4 Å². The van der Waals surface area contributed by atoms with Gasteiger partial charge in [0.25, 0.3) is 0 Å². The molecule has 2 rings (SSSR count). The fourth-order valence-corrected chi connectivity index (χ4v) is 3.41. The molecule has 21 heavy (non-hydrogen) atoms. The zero-order chi connectivity index (χ0) is 15.4. The van der Waals surface area contributed by atoms with Crippen molar-refractivity contribution >= 4 is 38.4 Å². The fourth-order valence-electron chi connectivity index (χ4n) is 2.05. The number of nitrogens with zero attached hydrogens (tertiary/aromatic N) is 2. The van der Waals surface area contributed by atoms with Gasteiger partial charge < -0.3 is 10.0 Å². The molecule has 1 heterocycles. The molecule has 1 aromatic carbocycles. The molecule has 6 heteroatoms. The number of anilines is 1. The van der Waals surface area contributed by atoms with Gasteiger partial charge in [0.1, 0.15) is 4.88 Å². The van der Waals surface area contributed by atoms with Gasteiger partial charge in [0.05, 0.1) is 5.69 Å². The molecular weight excluding hydrogens is 352 g/mol. The van der Waals surface area contributed by atoms with Crippen molar-refractivity contribution in [2.75, 3.05) is 11.9 Å². The summed E-state index contributed by atoms with van der Waals surface area (Å²) in [7, 11) is 1.93. The average molecular weight is 369 g/mol. The third kappa shape index (κ3) is 4.04. The number of halogens is 1. The van der Waals surface area contributed by atoms with E-state index in [-0.39, 0.29) is 0 Å². The highest BCUT2D eigenvalue weighted by Gasteiger charge is 2.18. The van der Waals surface area contributed by atoms with Gasteiger partial charge in [-0.3, -0.25) is 0 Å². The van der Waals surface area contributed by atoms with Crippen molar-refractivity contribution < 1.29 is 9.90 Å². The first-order valence-corrected chi connectivity index (χ1v) is 8.30. The number of aryl methyl sites for hydroxylation is 1. The van der Waals surface area contributed by atoms with E-state index in [2.05, 4.69) is 27.0 Å². The van der Waals surface area contributed by atoms with Crippen LogP contribution in [-0.2, 0) is 13.0 Å². The number of carboxylic acids is 1. The van der Waals surface area contributed by atoms with E-state index >= 15 is 0 Å². The molecule has 0 aliphatic rings. The van der Waals surface area contributed by atoms with Crippen LogP contribution < -0.4 is 4.90 Å². The number of carbonyl (C=O) groups is 1.